The summed E-state index contributed by atoms with van der Waals surface area (Å²) in [5, 5.41) is 0. The Balaban J connectivity index is 2.21. The van der Waals surface area contributed by atoms with Crippen LogP contribution in [0.2, 0.25) is 0 Å². The summed E-state index contributed by atoms with van der Waals surface area (Å²) >= 11 is 0.153. The van der Waals surface area contributed by atoms with Crippen molar-refractivity contribution in [2.24, 2.45) is 0 Å². The second-order valence-electron chi connectivity index (χ2n) is 4.67. The van der Waals surface area contributed by atoms with Crippen LogP contribution in [0.1, 0.15) is 27.2 Å². The van der Waals surface area contributed by atoms with E-state index in [-0.39, 0.29) is 24.8 Å². The number of halogens is 1. The molecule has 2 nitrogen and oxygen atoms in total. The van der Waals surface area contributed by atoms with Gasteiger partial charge in [-0.1, -0.05) is 0 Å². The molecule has 0 amide bonds. The molecule has 2 aliphatic rings. The van der Waals surface area contributed by atoms with Crippen molar-refractivity contribution in [3.8, 4) is 0 Å². The Kier molecular flexibility index (Phi) is 3.43. The van der Waals surface area contributed by atoms with Gasteiger partial charge in [0.25, 0.3) is 0 Å². The molecule has 0 aromatic rings. The Morgan fingerprint density at radius 3 is 2.73 bits per heavy atom. The molecule has 1 saturated heterocycles. The molecule has 88 valence electrons. The maximum absolute atomic E-state index is 6.29. The molecular formula is C12H21INO-. The van der Waals surface area contributed by atoms with Gasteiger partial charge in [-0.15, -0.1) is 0 Å². The van der Waals surface area contributed by atoms with E-state index in [1.165, 1.54) is 29.5 Å². The zero-order valence-corrected chi connectivity index (χ0v) is 12.3. The van der Waals surface area contributed by atoms with Gasteiger partial charge in [-0.25, -0.2) is 0 Å². The van der Waals surface area contributed by atoms with Gasteiger partial charge in [0.1, 0.15) is 0 Å². The van der Waals surface area contributed by atoms with Crippen LogP contribution in [0.25, 0.3) is 0 Å². The van der Waals surface area contributed by atoms with Crippen LogP contribution in [0, 0.1) is 0 Å². The number of ether oxygens (including phenoxy) is 1. The zero-order chi connectivity index (χ0) is 11.1. The maximum atomic E-state index is 6.29. The van der Waals surface area contributed by atoms with Crippen LogP contribution in [0.15, 0.2) is 11.1 Å². The Morgan fingerprint density at radius 2 is 2.13 bits per heavy atom. The van der Waals surface area contributed by atoms with Crippen LogP contribution in [0.5, 0.6) is 0 Å². The van der Waals surface area contributed by atoms with Crippen molar-refractivity contribution < 1.29 is 25.9 Å². The third-order valence-corrected chi connectivity index (χ3v) is 7.57. The number of alkyl halides is 2. The molecule has 3 heteroatoms. The van der Waals surface area contributed by atoms with Crippen LogP contribution in [-0.2, 0) is 4.74 Å². The summed E-state index contributed by atoms with van der Waals surface area (Å²) in [4.78, 5) is 2.45. The third-order valence-electron chi connectivity index (χ3n) is 3.72. The number of hydrogen-bond acceptors (Lipinski definition) is 2. The molecule has 0 bridgehead atoms. The average Bonchev–Trinajstić information content (AvgIpc) is 2.39. The normalized spacial score (nSPS) is 39.3. The van der Waals surface area contributed by atoms with E-state index in [0.29, 0.717) is 6.10 Å². The first-order valence-electron chi connectivity index (χ1n) is 5.70. The molecule has 1 spiro atoms. The Labute approximate surface area is 103 Å². The minimum absolute atomic E-state index is 0.153. The molecule has 2 atom stereocenters. The fraction of sp³-hybridized carbons (Fsp3) is 0.833. The first-order chi connectivity index (χ1) is 7.05. The second-order valence-corrected chi connectivity index (χ2v) is 8.26. The monoisotopic (exact) mass is 322 g/mol. The Bertz CT molecular complexity index is 289. The van der Waals surface area contributed by atoms with Gasteiger partial charge >= 0.3 is 103 Å². The van der Waals surface area contributed by atoms with Crippen molar-refractivity contribution in [3.63, 3.8) is 0 Å². The van der Waals surface area contributed by atoms with Crippen molar-refractivity contribution in [2.75, 3.05) is 24.6 Å². The predicted molar refractivity (Wildman–Crippen MR) is 58.6 cm³/mol. The van der Waals surface area contributed by atoms with E-state index in [4.69, 9.17) is 4.74 Å². The van der Waals surface area contributed by atoms with Crippen LogP contribution in [0.3, 0.4) is 0 Å². The summed E-state index contributed by atoms with van der Waals surface area (Å²) in [6.07, 6.45) is 1.57. The fourth-order valence-electron chi connectivity index (χ4n) is 2.29. The van der Waals surface area contributed by atoms with E-state index in [2.05, 4.69) is 32.7 Å². The van der Waals surface area contributed by atoms with Gasteiger partial charge in [0.05, 0.1) is 0 Å². The number of nitrogens with zero attached hydrogens (tertiary/aromatic N) is 1. The summed E-state index contributed by atoms with van der Waals surface area (Å²) in [6, 6.07) is 0. The standard InChI is InChI=1S/C12H21INO/c1-9-10(2)12(15-11(9)3)5-7-14(4)8-6-13-12/h11H,5-8H2,1-4H3/q-1/t11-,12+/m0/s1. The summed E-state index contributed by atoms with van der Waals surface area (Å²) < 4.78 is 7.85. The topological polar surface area (TPSA) is 12.5 Å². The van der Waals surface area contributed by atoms with Gasteiger partial charge in [0, 0.05) is 0 Å². The van der Waals surface area contributed by atoms with E-state index < -0.39 is 0 Å². The van der Waals surface area contributed by atoms with E-state index in [1.54, 1.807) is 5.57 Å². The first kappa shape index (κ1) is 11.9. The van der Waals surface area contributed by atoms with Crippen LogP contribution < -0.4 is 21.2 Å². The van der Waals surface area contributed by atoms with Gasteiger partial charge < -0.3 is 0 Å². The summed E-state index contributed by atoms with van der Waals surface area (Å²) in [7, 11) is 2.23. The molecule has 1 fully saturated rings. The Morgan fingerprint density at radius 1 is 1.40 bits per heavy atom. The van der Waals surface area contributed by atoms with Crippen molar-refractivity contribution in [1.29, 1.82) is 0 Å². The van der Waals surface area contributed by atoms with Crippen molar-refractivity contribution >= 4 is 0 Å². The quantitative estimate of drug-likeness (QED) is 0.318. The minimum atomic E-state index is 0.153. The second kappa shape index (κ2) is 4.34. The molecule has 2 heterocycles. The van der Waals surface area contributed by atoms with E-state index >= 15 is 0 Å². The van der Waals surface area contributed by atoms with Crippen molar-refractivity contribution in [1.82, 2.24) is 4.90 Å². The van der Waals surface area contributed by atoms with Gasteiger partial charge in [-0.3, -0.25) is 0 Å². The molecule has 0 aliphatic carbocycles. The molecule has 2 aliphatic heterocycles. The molecule has 0 radical (unpaired) electrons. The molecule has 0 aromatic heterocycles. The zero-order valence-electron chi connectivity index (χ0n) is 10.1. The predicted octanol–water partition coefficient (Wildman–Crippen LogP) is -1.14. The SMILES string of the molecule is CC1=C(C)[C@@]2(CCN(C)CC[I-]2)O[C@H]1C. The van der Waals surface area contributed by atoms with Crippen LogP contribution in [-0.4, -0.2) is 39.2 Å². The van der Waals surface area contributed by atoms with Gasteiger partial charge in [-0.05, 0) is 0 Å². The van der Waals surface area contributed by atoms with Crippen molar-refractivity contribution in [2.45, 2.75) is 36.9 Å². The van der Waals surface area contributed by atoms with Gasteiger partial charge in [0.15, 0.2) is 0 Å². The van der Waals surface area contributed by atoms with Crippen molar-refractivity contribution in [3.05, 3.63) is 11.1 Å². The van der Waals surface area contributed by atoms with Gasteiger partial charge in [0.2, 0.25) is 0 Å². The molecule has 15 heavy (non-hydrogen) atoms. The molecular weight excluding hydrogens is 301 g/mol. The summed E-state index contributed by atoms with van der Waals surface area (Å²) in [5.74, 6) is 0. The Hall–Kier alpha value is 0.390. The van der Waals surface area contributed by atoms with Gasteiger partial charge in [-0.2, -0.15) is 0 Å². The first-order valence-corrected chi connectivity index (χ1v) is 8.30. The molecule has 0 saturated carbocycles. The molecule has 0 N–H and O–H groups in total. The van der Waals surface area contributed by atoms with E-state index in [1.807, 2.05) is 0 Å². The van der Waals surface area contributed by atoms with E-state index in [0.717, 1.165) is 0 Å². The average molecular weight is 322 g/mol. The molecule has 2 rings (SSSR count). The number of rotatable bonds is 0. The molecule has 0 unspecified atom stereocenters. The molecule has 0 aromatic carbocycles. The van der Waals surface area contributed by atoms with Crippen LogP contribution >= 0.6 is 0 Å². The summed E-state index contributed by atoms with van der Waals surface area (Å²) in [6.45, 7) is 9.19. The number of hydrogen-bond donors (Lipinski definition) is 0. The third kappa shape index (κ3) is 2.11. The van der Waals surface area contributed by atoms with Crippen LogP contribution in [0.4, 0.5) is 0 Å². The van der Waals surface area contributed by atoms with E-state index in [9.17, 15) is 0 Å². The summed E-state index contributed by atoms with van der Waals surface area (Å²) in [5.41, 5.74) is 3.04. The fourth-order valence-corrected chi connectivity index (χ4v) is 6.40.